The Hall–Kier alpha value is -1.03. The molecule has 0 aliphatic heterocycles. The SMILES string of the molecule is CCCn1cc(OCCCCCCNCC(C)C)cn1. The van der Waals surface area contributed by atoms with Gasteiger partial charge in [0.05, 0.1) is 19.0 Å². The monoisotopic (exact) mass is 281 g/mol. The van der Waals surface area contributed by atoms with Crippen molar-refractivity contribution in [3.8, 4) is 5.75 Å². The quantitative estimate of drug-likeness (QED) is 0.596. The molecule has 0 fully saturated rings. The van der Waals surface area contributed by atoms with E-state index in [1.54, 1.807) is 0 Å². The second kappa shape index (κ2) is 10.7. The van der Waals surface area contributed by atoms with Crippen molar-refractivity contribution in [3.63, 3.8) is 0 Å². The summed E-state index contributed by atoms with van der Waals surface area (Å²) in [7, 11) is 0. The fraction of sp³-hybridized carbons (Fsp3) is 0.812. The van der Waals surface area contributed by atoms with E-state index >= 15 is 0 Å². The van der Waals surface area contributed by atoms with E-state index in [1.165, 1.54) is 19.3 Å². The lowest BCUT2D eigenvalue weighted by atomic mass is 10.2. The van der Waals surface area contributed by atoms with E-state index in [2.05, 4.69) is 31.2 Å². The second-order valence-electron chi connectivity index (χ2n) is 5.80. The van der Waals surface area contributed by atoms with Gasteiger partial charge in [-0.2, -0.15) is 5.10 Å². The van der Waals surface area contributed by atoms with Crippen molar-refractivity contribution in [2.45, 2.75) is 59.4 Å². The first-order chi connectivity index (χ1) is 9.72. The molecule has 0 spiro atoms. The Morgan fingerprint density at radius 1 is 1.25 bits per heavy atom. The molecule has 0 unspecified atom stereocenters. The van der Waals surface area contributed by atoms with Gasteiger partial charge >= 0.3 is 0 Å². The number of aryl methyl sites for hydroxylation is 1. The molecule has 0 amide bonds. The molecule has 1 heterocycles. The summed E-state index contributed by atoms with van der Waals surface area (Å²) in [5, 5.41) is 7.73. The summed E-state index contributed by atoms with van der Waals surface area (Å²) in [5.41, 5.74) is 0. The average Bonchev–Trinajstić information content (AvgIpc) is 2.84. The molecular formula is C16H31N3O. The highest BCUT2D eigenvalue weighted by molar-refractivity contribution is 5.11. The van der Waals surface area contributed by atoms with Gasteiger partial charge in [-0.05, 0) is 38.3 Å². The molecule has 0 aliphatic rings. The van der Waals surface area contributed by atoms with E-state index in [1.807, 2.05) is 17.1 Å². The van der Waals surface area contributed by atoms with Crippen LogP contribution in [0.3, 0.4) is 0 Å². The lowest BCUT2D eigenvalue weighted by Crippen LogP contribution is -2.20. The second-order valence-corrected chi connectivity index (χ2v) is 5.80. The summed E-state index contributed by atoms with van der Waals surface area (Å²) in [6.45, 7) is 10.7. The van der Waals surface area contributed by atoms with E-state index in [-0.39, 0.29) is 0 Å². The predicted molar refractivity (Wildman–Crippen MR) is 84.2 cm³/mol. The Kier molecular flexibility index (Phi) is 9.13. The number of hydrogen-bond donors (Lipinski definition) is 1. The maximum absolute atomic E-state index is 5.69. The molecule has 0 aliphatic carbocycles. The molecular weight excluding hydrogens is 250 g/mol. The minimum absolute atomic E-state index is 0.747. The van der Waals surface area contributed by atoms with E-state index in [4.69, 9.17) is 4.74 Å². The van der Waals surface area contributed by atoms with E-state index in [0.717, 1.165) is 50.8 Å². The van der Waals surface area contributed by atoms with Gasteiger partial charge in [-0.25, -0.2) is 0 Å². The fourth-order valence-electron chi connectivity index (χ4n) is 2.06. The first-order valence-electron chi connectivity index (χ1n) is 8.08. The van der Waals surface area contributed by atoms with Crippen molar-refractivity contribution in [1.29, 1.82) is 0 Å². The van der Waals surface area contributed by atoms with Gasteiger partial charge in [0.2, 0.25) is 0 Å². The van der Waals surface area contributed by atoms with Gasteiger partial charge in [-0.1, -0.05) is 33.6 Å². The van der Waals surface area contributed by atoms with Crippen LogP contribution in [0, 0.1) is 5.92 Å². The number of unbranched alkanes of at least 4 members (excludes halogenated alkanes) is 3. The Morgan fingerprint density at radius 2 is 2.05 bits per heavy atom. The van der Waals surface area contributed by atoms with Gasteiger partial charge in [-0.3, -0.25) is 4.68 Å². The first kappa shape index (κ1) is 17.0. The highest BCUT2D eigenvalue weighted by Gasteiger charge is 1.98. The van der Waals surface area contributed by atoms with Crippen LogP contribution >= 0.6 is 0 Å². The van der Waals surface area contributed by atoms with Gasteiger partial charge in [0.1, 0.15) is 0 Å². The van der Waals surface area contributed by atoms with Crippen LogP contribution in [-0.4, -0.2) is 29.5 Å². The van der Waals surface area contributed by atoms with Crippen LogP contribution in [0.1, 0.15) is 52.9 Å². The van der Waals surface area contributed by atoms with Crippen LogP contribution in [-0.2, 0) is 6.54 Å². The highest BCUT2D eigenvalue weighted by Crippen LogP contribution is 2.10. The lowest BCUT2D eigenvalue weighted by molar-refractivity contribution is 0.304. The molecule has 0 saturated carbocycles. The van der Waals surface area contributed by atoms with Gasteiger partial charge in [0.25, 0.3) is 0 Å². The third-order valence-electron chi connectivity index (χ3n) is 3.13. The fourth-order valence-corrected chi connectivity index (χ4v) is 2.06. The van der Waals surface area contributed by atoms with Crippen LogP contribution in [0.4, 0.5) is 0 Å². The Balaban J connectivity index is 1.91. The predicted octanol–water partition coefficient (Wildman–Crippen LogP) is 3.48. The van der Waals surface area contributed by atoms with E-state index in [9.17, 15) is 0 Å². The molecule has 0 bridgehead atoms. The molecule has 0 radical (unpaired) electrons. The molecule has 0 aromatic carbocycles. The summed E-state index contributed by atoms with van der Waals surface area (Å²) >= 11 is 0. The highest BCUT2D eigenvalue weighted by atomic mass is 16.5. The molecule has 1 aromatic heterocycles. The topological polar surface area (TPSA) is 39.1 Å². The zero-order valence-electron chi connectivity index (χ0n) is 13.4. The molecule has 0 saturated heterocycles. The van der Waals surface area contributed by atoms with Crippen LogP contribution < -0.4 is 10.1 Å². The van der Waals surface area contributed by atoms with Crippen molar-refractivity contribution in [2.75, 3.05) is 19.7 Å². The van der Waals surface area contributed by atoms with Gasteiger partial charge in [0, 0.05) is 6.54 Å². The molecule has 0 atom stereocenters. The summed E-state index contributed by atoms with van der Waals surface area (Å²) in [6, 6.07) is 0. The largest absolute Gasteiger partial charge is 0.490 e. The molecule has 1 N–H and O–H groups in total. The summed E-state index contributed by atoms with van der Waals surface area (Å²) in [5.74, 6) is 1.65. The van der Waals surface area contributed by atoms with Crippen molar-refractivity contribution < 1.29 is 4.74 Å². The molecule has 1 rings (SSSR count). The maximum Gasteiger partial charge on any atom is 0.157 e. The summed E-state index contributed by atoms with van der Waals surface area (Å²) < 4.78 is 7.63. The smallest absolute Gasteiger partial charge is 0.157 e. The Morgan fingerprint density at radius 3 is 2.80 bits per heavy atom. The van der Waals surface area contributed by atoms with Gasteiger partial charge in [-0.15, -0.1) is 0 Å². The molecule has 1 aromatic rings. The standard InChI is InChI=1S/C16H31N3O/c1-4-10-19-14-16(13-18-19)20-11-8-6-5-7-9-17-12-15(2)3/h13-15,17H,4-12H2,1-3H3. The maximum atomic E-state index is 5.69. The van der Waals surface area contributed by atoms with E-state index in [0.29, 0.717) is 0 Å². The van der Waals surface area contributed by atoms with E-state index < -0.39 is 0 Å². The van der Waals surface area contributed by atoms with Crippen molar-refractivity contribution in [3.05, 3.63) is 12.4 Å². The third kappa shape index (κ3) is 8.20. The van der Waals surface area contributed by atoms with Crippen LogP contribution in [0.2, 0.25) is 0 Å². The Bertz CT molecular complexity index is 336. The lowest BCUT2D eigenvalue weighted by Gasteiger charge is -2.07. The molecule has 20 heavy (non-hydrogen) atoms. The zero-order chi connectivity index (χ0) is 14.6. The third-order valence-corrected chi connectivity index (χ3v) is 3.13. The van der Waals surface area contributed by atoms with Crippen molar-refractivity contribution >= 4 is 0 Å². The number of ether oxygens (including phenoxy) is 1. The Labute approximate surface area is 123 Å². The van der Waals surface area contributed by atoms with Crippen LogP contribution in [0.25, 0.3) is 0 Å². The van der Waals surface area contributed by atoms with Crippen molar-refractivity contribution in [1.82, 2.24) is 15.1 Å². The van der Waals surface area contributed by atoms with Crippen molar-refractivity contribution in [2.24, 2.45) is 5.92 Å². The molecule has 116 valence electrons. The minimum Gasteiger partial charge on any atom is -0.490 e. The summed E-state index contributed by atoms with van der Waals surface area (Å²) in [4.78, 5) is 0. The van der Waals surface area contributed by atoms with Crippen LogP contribution in [0.5, 0.6) is 5.75 Å². The van der Waals surface area contributed by atoms with Crippen LogP contribution in [0.15, 0.2) is 12.4 Å². The molecule has 4 heteroatoms. The zero-order valence-corrected chi connectivity index (χ0v) is 13.4. The number of nitrogens with one attached hydrogen (secondary N) is 1. The molecule has 4 nitrogen and oxygen atoms in total. The summed E-state index contributed by atoms with van der Waals surface area (Å²) in [6.07, 6.45) is 9.82. The normalized spacial score (nSPS) is 11.2. The number of rotatable bonds is 12. The number of nitrogens with zero attached hydrogens (tertiary/aromatic N) is 2. The first-order valence-corrected chi connectivity index (χ1v) is 8.08. The number of hydrogen-bond acceptors (Lipinski definition) is 3. The average molecular weight is 281 g/mol. The van der Waals surface area contributed by atoms with Gasteiger partial charge in [0.15, 0.2) is 5.75 Å². The van der Waals surface area contributed by atoms with Gasteiger partial charge < -0.3 is 10.1 Å². The number of aromatic nitrogens is 2. The minimum atomic E-state index is 0.747.